The summed E-state index contributed by atoms with van der Waals surface area (Å²) in [5.74, 6) is 0. The molecule has 0 aliphatic rings. The van der Waals surface area contributed by atoms with Crippen LogP contribution in [0.4, 0.5) is 5.69 Å². The molecule has 3 nitrogen and oxygen atoms in total. The van der Waals surface area contributed by atoms with E-state index in [-0.39, 0.29) is 0 Å². The normalized spacial score (nSPS) is 10.9. The summed E-state index contributed by atoms with van der Waals surface area (Å²) >= 11 is 1.73. The summed E-state index contributed by atoms with van der Waals surface area (Å²) in [4.78, 5) is 7.97. The highest BCUT2D eigenvalue weighted by molar-refractivity contribution is 7.09. The van der Waals surface area contributed by atoms with Gasteiger partial charge in [0.2, 0.25) is 0 Å². The molecule has 0 amide bonds. The predicted octanol–water partition coefficient (Wildman–Crippen LogP) is 3.90. The summed E-state index contributed by atoms with van der Waals surface area (Å²) in [5, 5.41) is 3.45. The van der Waals surface area contributed by atoms with E-state index in [0.717, 1.165) is 25.3 Å². The van der Waals surface area contributed by atoms with Crippen molar-refractivity contribution >= 4 is 17.0 Å². The smallest absolute Gasteiger partial charge is 0.0798 e. The molecule has 0 atom stereocenters. The molecule has 0 fully saturated rings. The molecule has 114 valence electrons. The van der Waals surface area contributed by atoms with Crippen LogP contribution in [0.3, 0.4) is 0 Å². The van der Waals surface area contributed by atoms with E-state index in [9.17, 15) is 0 Å². The zero-order chi connectivity index (χ0) is 15.2. The molecule has 21 heavy (non-hydrogen) atoms. The Morgan fingerprint density at radius 1 is 1.29 bits per heavy atom. The van der Waals surface area contributed by atoms with Crippen molar-refractivity contribution < 1.29 is 0 Å². The molecule has 0 saturated heterocycles. The van der Waals surface area contributed by atoms with Crippen LogP contribution in [-0.2, 0) is 13.1 Å². The standard InChI is InChI=1S/C17H25N3S/c1-5-8-18-10-15-6-7-16(13(2)9-15)20(4)11-17-14(3)19-12-21-17/h6-7,9,12,18H,5,8,10-11H2,1-4H3. The average molecular weight is 303 g/mol. The first-order valence-corrected chi connectivity index (χ1v) is 8.40. The maximum Gasteiger partial charge on any atom is 0.0798 e. The Bertz CT molecular complexity index is 577. The number of nitrogens with one attached hydrogen (secondary N) is 1. The molecule has 0 spiro atoms. The summed E-state index contributed by atoms with van der Waals surface area (Å²) in [6, 6.07) is 6.74. The Morgan fingerprint density at radius 2 is 2.10 bits per heavy atom. The molecule has 0 saturated carbocycles. The van der Waals surface area contributed by atoms with Gasteiger partial charge in [-0.3, -0.25) is 0 Å². The highest BCUT2D eigenvalue weighted by atomic mass is 32.1. The largest absolute Gasteiger partial charge is 0.369 e. The van der Waals surface area contributed by atoms with Gasteiger partial charge in [-0.2, -0.15) is 0 Å². The van der Waals surface area contributed by atoms with Crippen LogP contribution in [-0.4, -0.2) is 18.6 Å². The van der Waals surface area contributed by atoms with Gasteiger partial charge < -0.3 is 10.2 Å². The monoisotopic (exact) mass is 303 g/mol. The van der Waals surface area contributed by atoms with Gasteiger partial charge in [-0.25, -0.2) is 4.98 Å². The number of anilines is 1. The minimum absolute atomic E-state index is 0.921. The first-order chi connectivity index (χ1) is 10.1. The van der Waals surface area contributed by atoms with Crippen molar-refractivity contribution in [1.82, 2.24) is 10.3 Å². The van der Waals surface area contributed by atoms with E-state index in [1.807, 2.05) is 5.51 Å². The molecule has 0 radical (unpaired) electrons. The molecular weight excluding hydrogens is 278 g/mol. The van der Waals surface area contributed by atoms with Crippen molar-refractivity contribution in [2.24, 2.45) is 0 Å². The summed E-state index contributed by atoms with van der Waals surface area (Å²) in [5.41, 5.74) is 7.04. The maximum atomic E-state index is 4.33. The van der Waals surface area contributed by atoms with Crippen LogP contribution in [0.25, 0.3) is 0 Å². The molecule has 4 heteroatoms. The fourth-order valence-electron chi connectivity index (χ4n) is 2.44. The summed E-state index contributed by atoms with van der Waals surface area (Å²) < 4.78 is 0. The number of aryl methyl sites for hydroxylation is 2. The lowest BCUT2D eigenvalue weighted by Gasteiger charge is -2.21. The molecule has 0 unspecified atom stereocenters. The van der Waals surface area contributed by atoms with E-state index < -0.39 is 0 Å². The Labute approximate surface area is 132 Å². The van der Waals surface area contributed by atoms with Crippen LogP contribution >= 0.6 is 11.3 Å². The van der Waals surface area contributed by atoms with Crippen molar-refractivity contribution in [2.45, 2.75) is 40.3 Å². The zero-order valence-corrected chi connectivity index (χ0v) is 14.3. The number of hydrogen-bond acceptors (Lipinski definition) is 4. The third kappa shape index (κ3) is 4.29. The van der Waals surface area contributed by atoms with E-state index >= 15 is 0 Å². The highest BCUT2D eigenvalue weighted by Crippen LogP contribution is 2.24. The quantitative estimate of drug-likeness (QED) is 0.786. The van der Waals surface area contributed by atoms with Crippen LogP contribution in [0.15, 0.2) is 23.7 Å². The predicted molar refractivity (Wildman–Crippen MR) is 92.1 cm³/mol. The van der Waals surface area contributed by atoms with Crippen molar-refractivity contribution in [3.63, 3.8) is 0 Å². The number of aromatic nitrogens is 1. The number of hydrogen-bond donors (Lipinski definition) is 1. The minimum Gasteiger partial charge on any atom is -0.369 e. The van der Waals surface area contributed by atoms with Crippen molar-refractivity contribution in [1.29, 1.82) is 0 Å². The van der Waals surface area contributed by atoms with Gasteiger partial charge >= 0.3 is 0 Å². The molecule has 2 rings (SSSR count). The van der Waals surface area contributed by atoms with Crippen molar-refractivity contribution in [3.05, 3.63) is 45.4 Å². The second-order valence-electron chi connectivity index (χ2n) is 5.51. The topological polar surface area (TPSA) is 28.2 Å². The van der Waals surface area contributed by atoms with E-state index in [1.54, 1.807) is 11.3 Å². The van der Waals surface area contributed by atoms with Gasteiger partial charge in [0.25, 0.3) is 0 Å². The van der Waals surface area contributed by atoms with Crippen molar-refractivity contribution in [3.8, 4) is 0 Å². The SMILES string of the molecule is CCCNCc1ccc(N(C)Cc2scnc2C)c(C)c1. The van der Waals surface area contributed by atoms with Gasteiger partial charge in [0.1, 0.15) is 0 Å². The minimum atomic E-state index is 0.921. The number of benzene rings is 1. The highest BCUT2D eigenvalue weighted by Gasteiger charge is 2.09. The van der Waals surface area contributed by atoms with Crippen LogP contribution in [0, 0.1) is 13.8 Å². The summed E-state index contributed by atoms with van der Waals surface area (Å²) in [6.07, 6.45) is 1.17. The molecule has 1 aromatic heterocycles. The summed E-state index contributed by atoms with van der Waals surface area (Å²) in [7, 11) is 2.15. The van der Waals surface area contributed by atoms with Gasteiger partial charge in [-0.05, 0) is 44.0 Å². The van der Waals surface area contributed by atoms with Gasteiger partial charge in [0.05, 0.1) is 17.7 Å². The number of thiazole rings is 1. The lowest BCUT2D eigenvalue weighted by Crippen LogP contribution is -2.18. The zero-order valence-electron chi connectivity index (χ0n) is 13.4. The van der Waals surface area contributed by atoms with Crippen LogP contribution in [0.5, 0.6) is 0 Å². The first-order valence-electron chi connectivity index (χ1n) is 7.52. The van der Waals surface area contributed by atoms with E-state index in [1.165, 1.54) is 28.1 Å². The number of rotatable bonds is 7. The van der Waals surface area contributed by atoms with Crippen LogP contribution < -0.4 is 10.2 Å². The fraction of sp³-hybridized carbons (Fsp3) is 0.471. The third-order valence-electron chi connectivity index (χ3n) is 3.65. The van der Waals surface area contributed by atoms with Gasteiger partial charge in [-0.15, -0.1) is 11.3 Å². The molecule has 0 aliphatic carbocycles. The van der Waals surface area contributed by atoms with Crippen LogP contribution in [0.2, 0.25) is 0 Å². The Morgan fingerprint density at radius 3 is 2.71 bits per heavy atom. The third-order valence-corrected chi connectivity index (χ3v) is 4.57. The molecule has 1 aromatic carbocycles. The van der Waals surface area contributed by atoms with E-state index in [2.05, 4.69) is 61.2 Å². The maximum absolute atomic E-state index is 4.33. The first kappa shape index (κ1) is 16.0. The van der Waals surface area contributed by atoms with Crippen molar-refractivity contribution in [2.75, 3.05) is 18.5 Å². The molecular formula is C17H25N3S. The number of nitrogens with zero attached hydrogens (tertiary/aromatic N) is 2. The molecule has 2 aromatic rings. The lowest BCUT2D eigenvalue weighted by atomic mass is 10.1. The molecule has 1 heterocycles. The van der Waals surface area contributed by atoms with Crippen LogP contribution in [0.1, 0.15) is 35.0 Å². The molecule has 0 bridgehead atoms. The van der Waals surface area contributed by atoms with Gasteiger partial charge in [0, 0.05) is 24.2 Å². The second-order valence-corrected chi connectivity index (χ2v) is 6.45. The average Bonchev–Trinajstić information content (AvgIpc) is 2.84. The Hall–Kier alpha value is -1.39. The second kappa shape index (κ2) is 7.57. The molecule has 1 N–H and O–H groups in total. The lowest BCUT2D eigenvalue weighted by molar-refractivity contribution is 0.675. The fourth-order valence-corrected chi connectivity index (χ4v) is 3.27. The van der Waals surface area contributed by atoms with Gasteiger partial charge in [0.15, 0.2) is 0 Å². The summed E-state index contributed by atoms with van der Waals surface area (Å²) in [6.45, 7) is 9.41. The van der Waals surface area contributed by atoms with Gasteiger partial charge in [-0.1, -0.05) is 19.1 Å². The Balaban J connectivity index is 2.04. The Kier molecular flexibility index (Phi) is 5.76. The molecule has 0 aliphatic heterocycles. The van der Waals surface area contributed by atoms with E-state index in [4.69, 9.17) is 0 Å². The van der Waals surface area contributed by atoms with E-state index in [0.29, 0.717) is 0 Å².